The van der Waals surface area contributed by atoms with Crippen molar-refractivity contribution in [3.05, 3.63) is 0 Å². The molecule has 0 saturated carbocycles. The molecule has 0 aliphatic rings. The lowest BCUT2D eigenvalue weighted by molar-refractivity contribution is 0.272. The van der Waals surface area contributed by atoms with E-state index in [1.54, 1.807) is 0 Å². The molecule has 18 N–H and O–H groups in total. The molecule has 0 fully saturated rings. The second-order valence-corrected chi connectivity index (χ2v) is 9.24. The Hall–Kier alpha value is 0.660. The minimum atomic E-state index is -4.64. The van der Waals surface area contributed by atoms with Crippen LogP contribution in [0, 0.1) is 0 Å². The number of hydrogen-bond donors (Lipinski definition) is 18. The van der Waals surface area contributed by atoms with Crippen molar-refractivity contribution in [3.63, 3.8) is 0 Å². The summed E-state index contributed by atoms with van der Waals surface area (Å²) in [6.07, 6.45) is 0. The largest absolute Gasteiger partial charge is 0.466 e. The molecule has 0 atom stereocenters. The van der Waals surface area contributed by atoms with Gasteiger partial charge in [-0.15, -0.1) is 0 Å². The Kier molecular flexibility index (Phi) is 26.8. The summed E-state index contributed by atoms with van der Waals surface area (Å²) in [5.41, 5.74) is 0. The van der Waals surface area contributed by atoms with Gasteiger partial charge in [0.15, 0.2) is 0 Å². The number of phosphoric acid groups is 6. The van der Waals surface area contributed by atoms with Crippen LogP contribution < -0.4 is 0 Å². The van der Waals surface area contributed by atoms with Gasteiger partial charge in [0.05, 0.1) is 0 Å². The Morgan fingerprint density at radius 2 is 0.200 bits per heavy atom. The van der Waals surface area contributed by atoms with E-state index < -0.39 is 46.9 Å². The first-order valence-corrected chi connectivity index (χ1v) is 14.1. The van der Waals surface area contributed by atoms with Gasteiger partial charge in [0.25, 0.3) is 0 Å². The standard InChI is InChI=1S/6H3O4P/c6*1-5(2,3)4/h6*(H3,1,2,3,4). The van der Waals surface area contributed by atoms with Crippen LogP contribution in [0.5, 0.6) is 0 Å². The molecule has 0 amide bonds. The summed E-state index contributed by atoms with van der Waals surface area (Å²) in [5, 5.41) is 0. The average Bonchev–Trinajstić information content (AvgIpc) is 1.94. The molecule has 0 heterocycles. The zero-order valence-corrected chi connectivity index (χ0v) is 18.5. The third kappa shape index (κ3) is 50300. The lowest BCUT2D eigenvalue weighted by atomic mass is 15.8. The maximum absolute atomic E-state index is 8.88. The van der Waals surface area contributed by atoms with Crippen molar-refractivity contribution < 1.29 is 115 Å². The fourth-order valence-electron chi connectivity index (χ4n) is 0. The quantitative estimate of drug-likeness (QED) is 0.117. The van der Waals surface area contributed by atoms with Crippen LogP contribution >= 0.6 is 46.9 Å². The molecule has 0 aliphatic heterocycles. The molecule has 0 rings (SSSR count). The van der Waals surface area contributed by atoms with Crippen molar-refractivity contribution in [1.82, 2.24) is 0 Å². The van der Waals surface area contributed by atoms with Crippen molar-refractivity contribution in [2.24, 2.45) is 0 Å². The minimum Gasteiger partial charge on any atom is -0.303 e. The molecule has 0 spiro atoms. The molecule has 30 heteroatoms. The summed E-state index contributed by atoms with van der Waals surface area (Å²) in [4.78, 5) is 129. The summed E-state index contributed by atoms with van der Waals surface area (Å²) >= 11 is 0. The van der Waals surface area contributed by atoms with Gasteiger partial charge in [-0.05, 0) is 0 Å². The van der Waals surface area contributed by atoms with Gasteiger partial charge in [0.1, 0.15) is 0 Å². The summed E-state index contributed by atoms with van der Waals surface area (Å²) in [6, 6.07) is 0. The van der Waals surface area contributed by atoms with E-state index in [0.29, 0.717) is 0 Å². The molecular weight excluding hydrogens is 570 g/mol. The van der Waals surface area contributed by atoms with E-state index in [0.717, 1.165) is 0 Å². The maximum atomic E-state index is 8.88. The fourth-order valence-corrected chi connectivity index (χ4v) is 0. The van der Waals surface area contributed by atoms with E-state index in [2.05, 4.69) is 0 Å². The molecule has 192 valence electrons. The van der Waals surface area contributed by atoms with E-state index in [1.807, 2.05) is 0 Å². The van der Waals surface area contributed by atoms with Crippen LogP contribution in [0.2, 0.25) is 0 Å². The highest BCUT2D eigenvalue weighted by Gasteiger charge is 2.02. The molecule has 0 aromatic heterocycles. The first kappa shape index (κ1) is 44.4. The van der Waals surface area contributed by atoms with Crippen LogP contribution in [-0.2, 0) is 27.4 Å². The van der Waals surface area contributed by atoms with Crippen LogP contribution in [0.3, 0.4) is 0 Å². The number of hydrogen-bond acceptors (Lipinski definition) is 6. The van der Waals surface area contributed by atoms with E-state index in [1.165, 1.54) is 0 Å². The fraction of sp³-hybridized carbons (Fsp3) is 0. The molecule has 0 bridgehead atoms. The molecule has 30 heavy (non-hydrogen) atoms. The van der Waals surface area contributed by atoms with Crippen LogP contribution in [-0.4, -0.2) is 88.1 Å². The van der Waals surface area contributed by atoms with E-state index in [-0.39, 0.29) is 0 Å². The molecule has 0 aromatic carbocycles. The Morgan fingerprint density at radius 3 is 0.200 bits per heavy atom. The van der Waals surface area contributed by atoms with Gasteiger partial charge in [-0.1, -0.05) is 0 Å². The minimum absolute atomic E-state index is 4.64. The van der Waals surface area contributed by atoms with Crippen molar-refractivity contribution in [3.8, 4) is 0 Å². The molecule has 0 aliphatic carbocycles. The van der Waals surface area contributed by atoms with Crippen LogP contribution in [0.4, 0.5) is 0 Å². The Labute approximate surface area is 163 Å². The highest BCUT2D eigenvalue weighted by atomic mass is 31.2. The molecule has 0 unspecified atom stereocenters. The second kappa shape index (κ2) is 18.1. The average molecular weight is 588 g/mol. The molecule has 0 radical (unpaired) electrons. The topological polar surface area (TPSA) is 467 Å². The van der Waals surface area contributed by atoms with Crippen molar-refractivity contribution in [2.45, 2.75) is 0 Å². The Bertz CT molecular complexity index is 454. The zero-order chi connectivity index (χ0) is 27.0. The van der Waals surface area contributed by atoms with Gasteiger partial charge >= 0.3 is 46.9 Å². The highest BCUT2D eigenvalue weighted by Crippen LogP contribution is 2.27. The van der Waals surface area contributed by atoms with E-state index >= 15 is 0 Å². The van der Waals surface area contributed by atoms with Gasteiger partial charge in [-0.3, -0.25) is 0 Å². The zero-order valence-electron chi connectivity index (χ0n) is 13.2. The Morgan fingerprint density at radius 1 is 0.200 bits per heavy atom. The van der Waals surface area contributed by atoms with Crippen molar-refractivity contribution >= 4 is 46.9 Å². The summed E-state index contributed by atoms with van der Waals surface area (Å²) < 4.78 is 53.3. The normalized spacial score (nSPS) is 11.8. The van der Waals surface area contributed by atoms with Crippen LogP contribution in [0.1, 0.15) is 0 Å². The monoisotopic (exact) mass is 588 g/mol. The number of rotatable bonds is 0. The van der Waals surface area contributed by atoms with E-state index in [4.69, 9.17) is 115 Å². The third-order valence-electron chi connectivity index (χ3n) is 0. The molecule has 24 nitrogen and oxygen atoms in total. The molecule has 0 aromatic rings. The van der Waals surface area contributed by atoms with Gasteiger partial charge < -0.3 is 88.1 Å². The highest BCUT2D eigenvalue weighted by molar-refractivity contribution is 7.46. The predicted octanol–water partition coefficient (Wildman–Crippen LogP) is -5.57. The van der Waals surface area contributed by atoms with Gasteiger partial charge in [-0.25, -0.2) is 27.4 Å². The summed E-state index contributed by atoms with van der Waals surface area (Å²) in [6.45, 7) is 0. The van der Waals surface area contributed by atoms with Gasteiger partial charge in [0, 0.05) is 0 Å². The Balaban J connectivity index is -0.0000000576. The first-order valence-electron chi connectivity index (χ1n) is 4.70. The SMILES string of the molecule is O=P(O)(O)O.O=P(O)(O)O.O=P(O)(O)O.O=P(O)(O)O.O=P(O)(O)O.O=P(O)(O)O. The molecule has 0 saturated heterocycles. The second-order valence-electron chi connectivity index (χ2n) is 3.08. The van der Waals surface area contributed by atoms with Crippen molar-refractivity contribution in [1.29, 1.82) is 0 Å². The third-order valence-corrected chi connectivity index (χ3v) is 0. The smallest absolute Gasteiger partial charge is 0.303 e. The summed E-state index contributed by atoms with van der Waals surface area (Å²) in [7, 11) is -27.8. The van der Waals surface area contributed by atoms with Crippen molar-refractivity contribution in [2.75, 3.05) is 0 Å². The maximum Gasteiger partial charge on any atom is 0.466 e. The van der Waals surface area contributed by atoms with E-state index in [9.17, 15) is 0 Å². The molecular formula is H18O24P6. The van der Waals surface area contributed by atoms with Crippen LogP contribution in [0.15, 0.2) is 0 Å². The lowest BCUT2D eigenvalue weighted by Crippen LogP contribution is -1.66. The van der Waals surface area contributed by atoms with Gasteiger partial charge in [0.2, 0.25) is 0 Å². The van der Waals surface area contributed by atoms with Gasteiger partial charge in [-0.2, -0.15) is 0 Å². The van der Waals surface area contributed by atoms with Crippen LogP contribution in [0.25, 0.3) is 0 Å². The predicted molar refractivity (Wildman–Crippen MR) is 85.6 cm³/mol. The first-order chi connectivity index (χ1) is 12.0. The summed E-state index contributed by atoms with van der Waals surface area (Å²) in [5.74, 6) is 0. The lowest BCUT2D eigenvalue weighted by Gasteiger charge is -1.82.